The van der Waals surface area contributed by atoms with Crippen LogP contribution in [0.3, 0.4) is 0 Å². The number of carboxylic acid groups (broad SMARTS) is 1. The summed E-state index contributed by atoms with van der Waals surface area (Å²) in [4.78, 5) is 99.7. The Bertz CT molecular complexity index is 1560. The average Bonchev–Trinajstić information content (AvgIpc) is 3.18. The normalized spacial score (nSPS) is 14.1. The van der Waals surface area contributed by atoms with Crippen LogP contribution in [0.15, 0.2) is 30.3 Å². The van der Waals surface area contributed by atoms with Crippen LogP contribution in [0.2, 0.25) is 0 Å². The number of carboxylic acids is 1. The van der Waals surface area contributed by atoms with Gasteiger partial charge in [-0.05, 0) is 50.0 Å². The molecule has 0 spiro atoms. The molecule has 0 saturated heterocycles. The number of nitrogens with two attached hydrogens (primary N) is 2. The molecule has 0 bridgehead atoms. The topological polar surface area (TPSA) is 289 Å². The number of rotatable bonds is 34. The molecule has 1 aromatic rings. The number of unbranched alkanes of at least 4 members (excludes halogenated alkanes) is 11. The van der Waals surface area contributed by atoms with Gasteiger partial charge in [-0.25, -0.2) is 4.79 Å². The molecule has 0 aliphatic carbocycles. The minimum Gasteiger partial charge on any atom is -0.480 e. The zero-order valence-electron chi connectivity index (χ0n) is 37.5. The summed E-state index contributed by atoms with van der Waals surface area (Å²) in [5, 5.41) is 32.6. The number of carbonyl (C=O) groups excluding carboxylic acids is 7. The summed E-state index contributed by atoms with van der Waals surface area (Å²) in [6, 6.07) is 3.41. The van der Waals surface area contributed by atoms with Gasteiger partial charge in [0.1, 0.15) is 30.2 Å². The molecule has 1 rings (SSSR count). The van der Waals surface area contributed by atoms with Gasteiger partial charge in [0.2, 0.25) is 41.4 Å². The molecule has 0 aliphatic rings. The van der Waals surface area contributed by atoms with Crippen molar-refractivity contribution in [3.63, 3.8) is 0 Å². The third-order valence-corrected chi connectivity index (χ3v) is 10.3. The molecular weight excluding hydrogens is 799 g/mol. The van der Waals surface area contributed by atoms with Crippen LogP contribution in [0.5, 0.6) is 0 Å². The van der Waals surface area contributed by atoms with Crippen LogP contribution in [0, 0.1) is 11.8 Å². The molecule has 0 fully saturated rings. The fraction of sp³-hybridized carbons (Fsp3) is 0.689. The first-order chi connectivity index (χ1) is 29.3. The summed E-state index contributed by atoms with van der Waals surface area (Å²) < 4.78 is 0. The SMILES string of the molecule is CC(C)C[C@H](NC(=O)[C@H](CC(N)=O)NC(=O)CCCCCCCCCCCCCCC(=O)N[C@H](C(=O)N[C@@H](CC(C)C)C(=O)N[C@@H](Cc1ccccc1)C(N)=O)C(C)O)C(=O)O. The zero-order valence-corrected chi connectivity index (χ0v) is 37.5. The van der Waals surface area contributed by atoms with Crippen molar-refractivity contribution in [3.8, 4) is 0 Å². The number of hydrogen-bond acceptors (Lipinski definition) is 9. The predicted octanol–water partition coefficient (Wildman–Crippen LogP) is 3.03. The molecule has 17 nitrogen and oxygen atoms in total. The van der Waals surface area contributed by atoms with Crippen LogP contribution in [-0.2, 0) is 44.8 Å². The number of aliphatic hydroxyl groups excluding tert-OH is 1. The van der Waals surface area contributed by atoms with Gasteiger partial charge in [-0.1, -0.05) is 122 Å². The number of nitrogens with one attached hydrogen (secondary N) is 5. The molecule has 17 heteroatoms. The monoisotopic (exact) mass is 874 g/mol. The first-order valence-corrected chi connectivity index (χ1v) is 22.3. The second kappa shape index (κ2) is 30.9. The third-order valence-electron chi connectivity index (χ3n) is 10.3. The highest BCUT2D eigenvalue weighted by Gasteiger charge is 2.32. The van der Waals surface area contributed by atoms with Crippen molar-refractivity contribution < 1.29 is 48.6 Å². The zero-order chi connectivity index (χ0) is 46.6. The first kappa shape index (κ1) is 55.0. The van der Waals surface area contributed by atoms with E-state index in [1.807, 2.05) is 58.0 Å². The maximum absolute atomic E-state index is 13.3. The first-order valence-electron chi connectivity index (χ1n) is 22.3. The highest BCUT2D eigenvalue weighted by molar-refractivity contribution is 5.95. The summed E-state index contributed by atoms with van der Waals surface area (Å²) in [7, 11) is 0. The Hall–Kier alpha value is -5.06. The van der Waals surface area contributed by atoms with Crippen molar-refractivity contribution in [1.82, 2.24) is 26.6 Å². The van der Waals surface area contributed by atoms with Crippen LogP contribution in [0.4, 0.5) is 0 Å². The van der Waals surface area contributed by atoms with E-state index in [-0.39, 0.29) is 49.8 Å². The van der Waals surface area contributed by atoms with E-state index in [1.54, 1.807) is 0 Å². The molecule has 11 N–H and O–H groups in total. The van der Waals surface area contributed by atoms with E-state index in [2.05, 4.69) is 26.6 Å². The van der Waals surface area contributed by atoms with Gasteiger partial charge < -0.3 is 48.3 Å². The molecular formula is C45H75N7O10. The molecule has 0 radical (unpaired) electrons. The Kier molecular flexibility index (Phi) is 27.4. The van der Waals surface area contributed by atoms with Crippen molar-refractivity contribution >= 4 is 47.3 Å². The second-order valence-electron chi connectivity index (χ2n) is 17.2. The van der Waals surface area contributed by atoms with E-state index >= 15 is 0 Å². The van der Waals surface area contributed by atoms with E-state index in [0.29, 0.717) is 12.8 Å². The number of amides is 7. The standard InChI is InChI=1S/C45H75N7O10/c1-29(2)25-34(42(58)49-33(41(47)57)27-32-21-17-16-18-22-32)50-44(60)40(31(5)53)52-39(56)24-20-15-13-11-9-7-6-8-10-12-14-19-23-38(55)48-35(28-37(46)54)43(59)51-36(45(61)62)26-30(3)4/h16-18,21-22,29-31,33-36,40,53H,6-15,19-20,23-28H2,1-5H3,(H2,46,54)(H2,47,57)(H,48,55)(H,49,58)(H,50,60)(H,51,59)(H,52,56)(H,61,62)/t31?,33-,34-,35-,36-,40-/m0/s1. The van der Waals surface area contributed by atoms with Crippen LogP contribution in [0.1, 0.15) is 149 Å². The van der Waals surface area contributed by atoms with Crippen molar-refractivity contribution in [3.05, 3.63) is 35.9 Å². The molecule has 0 aliphatic heterocycles. The molecule has 350 valence electrons. The Morgan fingerprint density at radius 2 is 0.952 bits per heavy atom. The summed E-state index contributed by atoms with van der Waals surface area (Å²) in [5.41, 5.74) is 11.6. The van der Waals surface area contributed by atoms with Gasteiger partial charge in [-0.2, -0.15) is 0 Å². The van der Waals surface area contributed by atoms with E-state index in [1.165, 1.54) is 6.92 Å². The lowest BCUT2D eigenvalue weighted by Crippen LogP contribution is -2.59. The average molecular weight is 874 g/mol. The van der Waals surface area contributed by atoms with Crippen LogP contribution in [-0.4, -0.2) is 93.8 Å². The summed E-state index contributed by atoms with van der Waals surface area (Å²) >= 11 is 0. The Balaban J connectivity index is 2.33. The summed E-state index contributed by atoms with van der Waals surface area (Å²) in [6.45, 7) is 8.79. The van der Waals surface area contributed by atoms with E-state index in [0.717, 1.165) is 69.8 Å². The lowest BCUT2D eigenvalue weighted by atomic mass is 10.0. The smallest absolute Gasteiger partial charge is 0.326 e. The van der Waals surface area contributed by atoms with Gasteiger partial charge in [-0.3, -0.25) is 33.6 Å². The van der Waals surface area contributed by atoms with Gasteiger partial charge in [0, 0.05) is 19.3 Å². The lowest BCUT2D eigenvalue weighted by molar-refractivity contribution is -0.142. The van der Waals surface area contributed by atoms with E-state index < -0.39 is 84.1 Å². The Morgan fingerprint density at radius 1 is 0.532 bits per heavy atom. The van der Waals surface area contributed by atoms with Crippen molar-refractivity contribution in [2.45, 2.75) is 187 Å². The van der Waals surface area contributed by atoms with Gasteiger partial charge in [0.15, 0.2) is 0 Å². The molecule has 0 saturated carbocycles. The molecule has 7 amide bonds. The maximum atomic E-state index is 13.3. The molecule has 62 heavy (non-hydrogen) atoms. The van der Waals surface area contributed by atoms with Gasteiger partial charge in [0.05, 0.1) is 12.5 Å². The lowest BCUT2D eigenvalue weighted by Gasteiger charge is -2.26. The van der Waals surface area contributed by atoms with Crippen LogP contribution in [0.25, 0.3) is 0 Å². The third kappa shape index (κ3) is 25.0. The number of benzene rings is 1. The van der Waals surface area contributed by atoms with Crippen LogP contribution >= 0.6 is 0 Å². The summed E-state index contributed by atoms with van der Waals surface area (Å²) in [5.74, 6) is -5.52. The van der Waals surface area contributed by atoms with E-state index in [9.17, 15) is 48.6 Å². The van der Waals surface area contributed by atoms with Gasteiger partial charge in [0.25, 0.3) is 0 Å². The molecule has 0 heterocycles. The summed E-state index contributed by atoms with van der Waals surface area (Å²) in [6.07, 6.45) is 10.5. The molecule has 1 aromatic carbocycles. The van der Waals surface area contributed by atoms with Crippen molar-refractivity contribution in [2.75, 3.05) is 0 Å². The van der Waals surface area contributed by atoms with E-state index in [4.69, 9.17) is 11.5 Å². The minimum atomic E-state index is -1.27. The maximum Gasteiger partial charge on any atom is 0.326 e. The number of aliphatic hydroxyl groups is 1. The predicted molar refractivity (Wildman–Crippen MR) is 236 cm³/mol. The molecule has 6 atom stereocenters. The number of primary amides is 2. The fourth-order valence-electron chi connectivity index (χ4n) is 6.94. The van der Waals surface area contributed by atoms with Crippen molar-refractivity contribution in [2.24, 2.45) is 23.3 Å². The second-order valence-corrected chi connectivity index (χ2v) is 17.2. The number of hydrogen-bond donors (Lipinski definition) is 9. The molecule has 1 unspecified atom stereocenters. The highest BCUT2D eigenvalue weighted by Crippen LogP contribution is 2.14. The van der Waals surface area contributed by atoms with Crippen molar-refractivity contribution in [1.29, 1.82) is 0 Å². The Morgan fingerprint density at radius 3 is 1.39 bits per heavy atom. The number of carbonyl (C=O) groups is 8. The quantitative estimate of drug-likeness (QED) is 0.0456. The largest absolute Gasteiger partial charge is 0.480 e. The fourth-order valence-corrected chi connectivity index (χ4v) is 6.94. The highest BCUT2D eigenvalue weighted by atomic mass is 16.4. The minimum absolute atomic E-state index is 0.00206. The van der Waals surface area contributed by atoms with Crippen LogP contribution < -0.4 is 38.1 Å². The van der Waals surface area contributed by atoms with Gasteiger partial charge in [-0.15, -0.1) is 0 Å². The molecule has 0 aromatic heterocycles. The van der Waals surface area contributed by atoms with Gasteiger partial charge >= 0.3 is 5.97 Å². The number of aliphatic carboxylic acids is 1. The Labute approximate surface area is 367 Å².